The molecule has 0 amide bonds. The number of hydrogen-bond acceptors (Lipinski definition) is 7. The predicted molar refractivity (Wildman–Crippen MR) is 165 cm³/mol. The number of hydrogen-bond donors (Lipinski definition) is 3. The highest BCUT2D eigenvalue weighted by atomic mass is 32.2. The molecule has 8 heteroatoms. The third-order valence-electron chi connectivity index (χ3n) is 6.38. The van der Waals surface area contributed by atoms with Crippen LogP contribution >= 0.6 is 11.9 Å². The van der Waals surface area contributed by atoms with Gasteiger partial charge in [0.15, 0.2) is 0 Å². The molecule has 1 unspecified atom stereocenters. The van der Waals surface area contributed by atoms with E-state index in [4.69, 9.17) is 9.72 Å². The van der Waals surface area contributed by atoms with E-state index in [9.17, 15) is 9.90 Å². The Kier molecular flexibility index (Phi) is 10.6. The summed E-state index contributed by atoms with van der Waals surface area (Å²) in [7, 11) is 0. The van der Waals surface area contributed by atoms with Crippen LogP contribution in [0.15, 0.2) is 53.4 Å². The molecule has 2 aromatic carbocycles. The molecule has 0 spiro atoms. The van der Waals surface area contributed by atoms with Gasteiger partial charge in [0, 0.05) is 22.6 Å². The van der Waals surface area contributed by atoms with E-state index in [1.54, 1.807) is 18.2 Å². The highest BCUT2D eigenvalue weighted by molar-refractivity contribution is 8.00. The van der Waals surface area contributed by atoms with Crippen LogP contribution in [0.2, 0.25) is 0 Å². The topological polar surface area (TPSA) is 96.4 Å². The lowest BCUT2D eigenvalue weighted by molar-refractivity contribution is 0.0696. The molecule has 0 fully saturated rings. The summed E-state index contributed by atoms with van der Waals surface area (Å²) < 4.78 is 9.54. The van der Waals surface area contributed by atoms with Crippen LogP contribution < -0.4 is 14.8 Å². The fourth-order valence-electron chi connectivity index (χ4n) is 4.45. The third-order valence-corrected chi connectivity index (χ3v) is 7.15. The van der Waals surface area contributed by atoms with Crippen molar-refractivity contribution in [1.29, 1.82) is 0 Å². The number of ether oxygens (including phenoxy) is 1. The van der Waals surface area contributed by atoms with Gasteiger partial charge in [-0.05, 0) is 85.3 Å². The molecule has 1 heterocycles. The van der Waals surface area contributed by atoms with E-state index in [0.717, 1.165) is 46.7 Å². The molecule has 3 N–H and O–H groups in total. The molecule has 0 aliphatic carbocycles. The Bertz CT molecular complexity index is 1280. The Balaban J connectivity index is 1.87. The molecule has 0 aliphatic rings. The molecule has 1 atom stereocenters. The van der Waals surface area contributed by atoms with Gasteiger partial charge in [-0.15, -0.1) is 0 Å². The number of aromatic carboxylic acids is 1. The van der Waals surface area contributed by atoms with E-state index in [0.29, 0.717) is 18.4 Å². The fourth-order valence-corrected chi connectivity index (χ4v) is 5.09. The minimum Gasteiger partial charge on any atom is -0.478 e. The molecule has 3 rings (SSSR count). The number of nitrogens with one attached hydrogen (secondary N) is 2. The molecule has 0 radical (unpaired) electrons. The van der Waals surface area contributed by atoms with Crippen molar-refractivity contribution in [1.82, 2.24) is 15.3 Å². The lowest BCUT2D eigenvalue weighted by atomic mass is 9.87. The van der Waals surface area contributed by atoms with Gasteiger partial charge in [0.05, 0.1) is 11.3 Å². The summed E-state index contributed by atoms with van der Waals surface area (Å²) in [5.41, 5.74) is 4.69. The molecule has 0 saturated carbocycles. The zero-order valence-electron chi connectivity index (χ0n) is 25.1. The van der Waals surface area contributed by atoms with Crippen molar-refractivity contribution >= 4 is 23.9 Å². The minimum absolute atomic E-state index is 0.145. The zero-order valence-corrected chi connectivity index (χ0v) is 25.9. The van der Waals surface area contributed by atoms with Gasteiger partial charge in [-0.2, -0.15) is 4.98 Å². The summed E-state index contributed by atoms with van der Waals surface area (Å²) in [4.78, 5) is 21.6. The summed E-state index contributed by atoms with van der Waals surface area (Å²) in [6, 6.07) is 15.0. The van der Waals surface area contributed by atoms with Gasteiger partial charge < -0.3 is 15.2 Å². The first kappa shape index (κ1) is 31.4. The summed E-state index contributed by atoms with van der Waals surface area (Å²) in [6.07, 6.45) is 2.04. The zero-order chi connectivity index (χ0) is 29.5. The number of carbonyl (C=O) groups is 1. The second-order valence-electron chi connectivity index (χ2n) is 12.8. The average Bonchev–Trinajstić information content (AvgIpc) is 2.84. The van der Waals surface area contributed by atoms with E-state index in [2.05, 4.69) is 82.5 Å². The fraction of sp³-hybridized carbons (Fsp3) is 0.469. The number of carboxylic acids is 1. The Labute approximate surface area is 243 Å². The van der Waals surface area contributed by atoms with Crippen LogP contribution in [0.3, 0.4) is 0 Å². The van der Waals surface area contributed by atoms with E-state index in [-0.39, 0.29) is 22.4 Å². The maximum absolute atomic E-state index is 11.4. The molecule has 0 saturated heterocycles. The van der Waals surface area contributed by atoms with Crippen molar-refractivity contribution < 1.29 is 14.6 Å². The molecular formula is C32H44N4O3S. The Morgan fingerprint density at radius 1 is 0.975 bits per heavy atom. The second-order valence-corrected chi connectivity index (χ2v) is 13.6. The third kappa shape index (κ3) is 10.1. The second kappa shape index (κ2) is 13.5. The van der Waals surface area contributed by atoms with Gasteiger partial charge in [-0.3, -0.25) is 4.72 Å². The number of aryl methyl sites for hydroxylation is 2. The molecule has 3 aromatic rings. The van der Waals surface area contributed by atoms with Crippen LogP contribution in [-0.2, 0) is 0 Å². The lowest BCUT2D eigenvalue weighted by Crippen LogP contribution is -2.39. The molecule has 0 aliphatic heterocycles. The lowest BCUT2D eigenvalue weighted by Gasteiger charge is -2.28. The summed E-state index contributed by atoms with van der Waals surface area (Å²) in [5.74, 6) is -0.0761. The van der Waals surface area contributed by atoms with E-state index >= 15 is 0 Å². The summed E-state index contributed by atoms with van der Waals surface area (Å²) in [5, 5.41) is 13.0. The van der Waals surface area contributed by atoms with Crippen molar-refractivity contribution in [2.75, 3.05) is 17.9 Å². The van der Waals surface area contributed by atoms with Crippen molar-refractivity contribution in [2.45, 2.75) is 79.2 Å². The molecule has 1 aromatic heterocycles. The minimum atomic E-state index is -0.965. The molecule has 216 valence electrons. The smallest absolute Gasteiger partial charge is 0.335 e. The number of rotatable bonds is 12. The maximum Gasteiger partial charge on any atom is 0.335 e. The SMILES string of the molecule is Cc1cccc(C)c1-c1cc(OCC(CC(C)(C)C)NCCC(C)(C)C)nc(NSc2cccc(C(=O)O)c2)n1. The first-order valence-corrected chi connectivity index (χ1v) is 14.6. The van der Waals surface area contributed by atoms with E-state index in [1.165, 1.54) is 11.9 Å². The van der Waals surface area contributed by atoms with E-state index in [1.807, 2.05) is 18.2 Å². The Morgan fingerprint density at radius 2 is 1.65 bits per heavy atom. The molecule has 40 heavy (non-hydrogen) atoms. The normalized spacial score (nSPS) is 12.7. The largest absolute Gasteiger partial charge is 0.478 e. The van der Waals surface area contributed by atoms with Gasteiger partial charge in [0.25, 0.3) is 0 Å². The summed E-state index contributed by atoms with van der Waals surface area (Å²) in [6.45, 7) is 19.0. The van der Waals surface area contributed by atoms with Gasteiger partial charge >= 0.3 is 5.97 Å². The highest BCUT2D eigenvalue weighted by Gasteiger charge is 2.21. The predicted octanol–water partition coefficient (Wildman–Crippen LogP) is 7.79. The first-order valence-electron chi connectivity index (χ1n) is 13.8. The van der Waals surface area contributed by atoms with E-state index < -0.39 is 5.97 Å². The Hall–Kier alpha value is -3.10. The van der Waals surface area contributed by atoms with Crippen molar-refractivity contribution in [3.05, 3.63) is 65.2 Å². The van der Waals surface area contributed by atoms with Crippen LogP contribution in [0.5, 0.6) is 5.88 Å². The first-order chi connectivity index (χ1) is 18.7. The standard InChI is InChI=1S/C32H44N4O3S/c1-21-11-9-12-22(2)28(21)26-18-27(39-20-24(19-32(6,7)8)33-16-15-31(3,4)5)35-30(34-26)36-40-25-14-10-13-23(17-25)29(37)38/h9-14,17-18,24,33H,15-16,19-20H2,1-8H3,(H,37,38)(H,34,35,36). The van der Waals surface area contributed by atoms with Crippen LogP contribution in [0, 0.1) is 24.7 Å². The number of carboxylic acid groups (broad SMARTS) is 1. The average molecular weight is 565 g/mol. The van der Waals surface area contributed by atoms with Crippen molar-refractivity contribution in [2.24, 2.45) is 10.8 Å². The van der Waals surface area contributed by atoms with Gasteiger partial charge in [-0.25, -0.2) is 9.78 Å². The summed E-state index contributed by atoms with van der Waals surface area (Å²) >= 11 is 1.27. The number of benzene rings is 2. The monoisotopic (exact) mass is 564 g/mol. The molecular weight excluding hydrogens is 520 g/mol. The number of aromatic nitrogens is 2. The maximum atomic E-state index is 11.4. The van der Waals surface area contributed by atoms with Crippen molar-refractivity contribution in [3.63, 3.8) is 0 Å². The van der Waals surface area contributed by atoms with Gasteiger partial charge in [-0.1, -0.05) is 65.8 Å². The van der Waals surface area contributed by atoms with Crippen LogP contribution in [0.25, 0.3) is 11.3 Å². The number of nitrogens with zero attached hydrogens (tertiary/aromatic N) is 2. The van der Waals surface area contributed by atoms with Crippen LogP contribution in [0.1, 0.15) is 75.9 Å². The Morgan fingerprint density at radius 3 is 2.27 bits per heavy atom. The molecule has 0 bridgehead atoms. The number of anilines is 1. The quantitative estimate of drug-likeness (QED) is 0.192. The van der Waals surface area contributed by atoms with Crippen molar-refractivity contribution in [3.8, 4) is 17.1 Å². The van der Waals surface area contributed by atoms with Gasteiger partial charge in [0.2, 0.25) is 11.8 Å². The van der Waals surface area contributed by atoms with Crippen LogP contribution in [-0.4, -0.2) is 40.2 Å². The highest BCUT2D eigenvalue weighted by Crippen LogP contribution is 2.30. The van der Waals surface area contributed by atoms with Gasteiger partial charge in [0.1, 0.15) is 6.61 Å². The van der Waals surface area contributed by atoms with Crippen LogP contribution in [0.4, 0.5) is 5.95 Å². The molecule has 7 nitrogen and oxygen atoms in total.